The van der Waals surface area contributed by atoms with Gasteiger partial charge >= 0.3 is 0 Å². The lowest BCUT2D eigenvalue weighted by molar-refractivity contribution is 0.0810. The number of phenolic OH excluding ortho intramolecular Hbond substituents is 1. The van der Waals surface area contributed by atoms with Gasteiger partial charge in [0.1, 0.15) is 11.6 Å². The topological polar surface area (TPSA) is 49.8 Å². The number of likely N-dealkylation sites (N-methyl/N-ethyl adjacent to an activating group) is 1. The van der Waals surface area contributed by atoms with Crippen molar-refractivity contribution in [2.75, 3.05) is 13.7 Å². The molecule has 0 bridgehead atoms. The fourth-order valence-electron chi connectivity index (χ4n) is 2.73. The Hall–Kier alpha value is -1.46. The molecule has 0 saturated carbocycles. The van der Waals surface area contributed by atoms with E-state index in [9.17, 15) is 14.3 Å². The maximum atomic E-state index is 13.6. The van der Waals surface area contributed by atoms with E-state index in [2.05, 4.69) is 0 Å². The van der Waals surface area contributed by atoms with Crippen LogP contribution >= 0.6 is 0 Å². The number of carbonyl (C=O) groups is 1. The van der Waals surface area contributed by atoms with Gasteiger partial charge in [-0.05, 0) is 39.4 Å². The van der Waals surface area contributed by atoms with Crippen LogP contribution in [0.25, 0.3) is 0 Å². The van der Waals surface area contributed by atoms with Crippen molar-refractivity contribution >= 4 is 5.78 Å². The molecule has 20 heavy (non-hydrogen) atoms. The highest BCUT2D eigenvalue weighted by atomic mass is 19.1. The smallest absolute Gasteiger partial charge is 0.163 e. The summed E-state index contributed by atoms with van der Waals surface area (Å²) < 4.78 is 19.1. The molecule has 1 fully saturated rings. The molecule has 1 N–H and O–H groups in total. The third kappa shape index (κ3) is 2.99. The first-order valence-corrected chi connectivity index (χ1v) is 6.74. The summed E-state index contributed by atoms with van der Waals surface area (Å²) in [7, 11) is 1.91. The van der Waals surface area contributed by atoms with Gasteiger partial charge in [0.25, 0.3) is 0 Å². The molecule has 0 amide bonds. The Balaban J connectivity index is 2.22. The van der Waals surface area contributed by atoms with Crippen molar-refractivity contribution in [2.24, 2.45) is 0 Å². The van der Waals surface area contributed by atoms with Crippen LogP contribution < -0.4 is 0 Å². The number of nitrogens with zero attached hydrogens (tertiary/aromatic N) is 1. The van der Waals surface area contributed by atoms with E-state index in [1.54, 1.807) is 0 Å². The number of ketones is 1. The predicted molar refractivity (Wildman–Crippen MR) is 73.4 cm³/mol. The van der Waals surface area contributed by atoms with Crippen LogP contribution in [0.4, 0.5) is 4.39 Å². The number of hydrogen-bond donors (Lipinski definition) is 1. The van der Waals surface area contributed by atoms with Crippen LogP contribution in [0.15, 0.2) is 12.1 Å². The summed E-state index contributed by atoms with van der Waals surface area (Å²) in [4.78, 5) is 13.4. The quantitative estimate of drug-likeness (QED) is 0.861. The Labute approximate surface area is 118 Å². The third-order valence-electron chi connectivity index (χ3n) is 3.86. The minimum absolute atomic E-state index is 0.0316. The highest BCUT2D eigenvalue weighted by molar-refractivity contribution is 5.97. The zero-order chi connectivity index (χ0) is 14.9. The molecule has 0 radical (unpaired) electrons. The number of Topliss-reactive ketones (excluding diaryl/α,β-unsaturated/α-hetero) is 1. The molecule has 2 atom stereocenters. The Bertz CT molecular complexity index is 518. The minimum Gasteiger partial charge on any atom is -0.507 e. The van der Waals surface area contributed by atoms with E-state index < -0.39 is 5.82 Å². The van der Waals surface area contributed by atoms with Crippen molar-refractivity contribution < 1.29 is 19.0 Å². The molecular formula is C15H20FNO3. The van der Waals surface area contributed by atoms with E-state index in [0.717, 1.165) is 12.5 Å². The molecular weight excluding hydrogens is 261 g/mol. The van der Waals surface area contributed by atoms with Gasteiger partial charge in [-0.25, -0.2) is 4.39 Å². The number of aromatic hydroxyl groups is 1. The number of halogens is 1. The molecule has 0 spiro atoms. The molecule has 5 heteroatoms. The maximum absolute atomic E-state index is 13.6. The van der Waals surface area contributed by atoms with Crippen molar-refractivity contribution in [3.63, 3.8) is 0 Å². The molecule has 1 heterocycles. The fraction of sp³-hybridized carbons (Fsp3) is 0.533. The molecule has 1 aromatic carbocycles. The van der Waals surface area contributed by atoms with Gasteiger partial charge in [-0.15, -0.1) is 0 Å². The van der Waals surface area contributed by atoms with Crippen LogP contribution in [0.2, 0.25) is 0 Å². The first kappa shape index (κ1) is 14.9. The number of phenols is 1. The lowest BCUT2D eigenvalue weighted by Crippen LogP contribution is -2.36. The number of rotatable bonds is 4. The predicted octanol–water partition coefficient (Wildman–Crippen LogP) is 2.34. The Kier molecular flexibility index (Phi) is 4.40. The van der Waals surface area contributed by atoms with E-state index in [0.29, 0.717) is 18.7 Å². The van der Waals surface area contributed by atoms with Crippen LogP contribution in [0.3, 0.4) is 0 Å². The minimum atomic E-state index is -0.507. The third-order valence-corrected chi connectivity index (χ3v) is 3.86. The molecule has 110 valence electrons. The van der Waals surface area contributed by atoms with E-state index in [-0.39, 0.29) is 29.2 Å². The number of benzene rings is 1. The van der Waals surface area contributed by atoms with Crippen LogP contribution in [0, 0.1) is 5.82 Å². The largest absolute Gasteiger partial charge is 0.507 e. The summed E-state index contributed by atoms with van der Waals surface area (Å²) in [6.07, 6.45) is 1.02. The summed E-state index contributed by atoms with van der Waals surface area (Å²) in [6.45, 7) is 4.40. The highest BCUT2D eigenvalue weighted by Crippen LogP contribution is 2.28. The zero-order valence-corrected chi connectivity index (χ0v) is 12.0. The summed E-state index contributed by atoms with van der Waals surface area (Å²) in [6, 6.07) is 2.58. The van der Waals surface area contributed by atoms with E-state index >= 15 is 0 Å². The van der Waals surface area contributed by atoms with Crippen LogP contribution in [-0.2, 0) is 11.3 Å². The average molecular weight is 281 g/mol. The fourth-order valence-corrected chi connectivity index (χ4v) is 2.73. The highest BCUT2D eigenvalue weighted by Gasteiger charge is 2.28. The summed E-state index contributed by atoms with van der Waals surface area (Å²) in [5.74, 6) is -0.979. The Morgan fingerprint density at radius 2 is 2.25 bits per heavy atom. The molecule has 0 aliphatic carbocycles. The Morgan fingerprint density at radius 3 is 2.80 bits per heavy atom. The van der Waals surface area contributed by atoms with Gasteiger partial charge in [0.2, 0.25) is 0 Å². The molecule has 1 aliphatic heterocycles. The number of hydrogen-bond acceptors (Lipinski definition) is 4. The van der Waals surface area contributed by atoms with Gasteiger partial charge in [0.05, 0.1) is 11.7 Å². The lowest BCUT2D eigenvalue weighted by atomic mass is 10.0. The van der Waals surface area contributed by atoms with Crippen molar-refractivity contribution in [3.8, 4) is 5.75 Å². The van der Waals surface area contributed by atoms with Gasteiger partial charge in [0.15, 0.2) is 5.78 Å². The van der Waals surface area contributed by atoms with Crippen molar-refractivity contribution in [1.82, 2.24) is 4.90 Å². The van der Waals surface area contributed by atoms with Crippen molar-refractivity contribution in [2.45, 2.75) is 39.0 Å². The second-order valence-corrected chi connectivity index (χ2v) is 5.36. The Morgan fingerprint density at radius 1 is 1.55 bits per heavy atom. The molecule has 2 unspecified atom stereocenters. The van der Waals surface area contributed by atoms with E-state index in [4.69, 9.17) is 4.74 Å². The molecule has 4 nitrogen and oxygen atoms in total. The van der Waals surface area contributed by atoms with Gasteiger partial charge in [-0.1, -0.05) is 0 Å². The second-order valence-electron chi connectivity index (χ2n) is 5.36. The monoisotopic (exact) mass is 281 g/mol. The van der Waals surface area contributed by atoms with E-state index in [1.165, 1.54) is 13.0 Å². The van der Waals surface area contributed by atoms with E-state index in [1.807, 2.05) is 18.9 Å². The molecule has 2 rings (SSSR count). The molecule has 1 aromatic rings. The van der Waals surface area contributed by atoms with Crippen LogP contribution in [0.5, 0.6) is 5.75 Å². The maximum Gasteiger partial charge on any atom is 0.163 e. The summed E-state index contributed by atoms with van der Waals surface area (Å²) in [5, 5.41) is 10.1. The average Bonchev–Trinajstić information content (AvgIpc) is 2.79. The normalized spacial score (nSPS) is 22.4. The molecule has 0 aromatic heterocycles. The van der Waals surface area contributed by atoms with Gasteiger partial charge < -0.3 is 9.84 Å². The second kappa shape index (κ2) is 5.89. The summed E-state index contributed by atoms with van der Waals surface area (Å²) >= 11 is 0. The molecule has 1 saturated heterocycles. The number of ether oxygens (including phenoxy) is 1. The van der Waals surface area contributed by atoms with Crippen molar-refractivity contribution in [1.29, 1.82) is 0 Å². The summed E-state index contributed by atoms with van der Waals surface area (Å²) in [5.41, 5.74) is 0.459. The van der Waals surface area contributed by atoms with Crippen LogP contribution in [-0.4, -0.2) is 41.6 Å². The SMILES string of the molecule is CC(=O)c1cc(F)cc(CN(C)C2CCOC2C)c1O. The standard InChI is InChI=1S/C15H20FNO3/c1-9(18)13-7-12(16)6-11(15(13)19)8-17(3)14-4-5-20-10(14)2/h6-7,10,14,19H,4-5,8H2,1-3H3. The van der Waals surface area contributed by atoms with Gasteiger partial charge in [0, 0.05) is 24.8 Å². The van der Waals surface area contributed by atoms with Crippen molar-refractivity contribution in [3.05, 3.63) is 29.1 Å². The van der Waals surface area contributed by atoms with Gasteiger partial charge in [-0.2, -0.15) is 0 Å². The molecule has 1 aliphatic rings. The first-order valence-electron chi connectivity index (χ1n) is 6.74. The van der Waals surface area contributed by atoms with Crippen LogP contribution in [0.1, 0.15) is 36.2 Å². The lowest BCUT2D eigenvalue weighted by Gasteiger charge is -2.27. The van der Waals surface area contributed by atoms with Gasteiger partial charge in [-0.3, -0.25) is 9.69 Å². The zero-order valence-electron chi connectivity index (χ0n) is 12.0. The first-order chi connectivity index (χ1) is 9.40. The number of carbonyl (C=O) groups excluding carboxylic acids is 1.